The van der Waals surface area contributed by atoms with Crippen LogP contribution >= 0.6 is 0 Å². The maximum atomic E-state index is 5.57. The van der Waals surface area contributed by atoms with Gasteiger partial charge in [-0.3, -0.25) is 4.40 Å². The van der Waals surface area contributed by atoms with Crippen LogP contribution in [0, 0.1) is 0 Å². The Hall–Kier alpha value is -7.17. The summed E-state index contributed by atoms with van der Waals surface area (Å²) in [6.07, 6.45) is 2.17. The molecule has 0 saturated carbocycles. The van der Waals surface area contributed by atoms with E-state index in [-0.39, 0.29) is 10.8 Å². The van der Waals surface area contributed by atoms with E-state index in [1.165, 1.54) is 97.8 Å². The quantitative estimate of drug-likeness (QED) is 0.178. The number of hydrogen-bond acceptors (Lipinski definition) is 2. The topological polar surface area (TPSA) is 24.9 Å². The molecule has 0 bridgehead atoms. The Morgan fingerprint density at radius 1 is 0.410 bits per heavy atom. The minimum atomic E-state index is -0.0897. The van der Waals surface area contributed by atoms with Crippen LogP contribution in [0.2, 0.25) is 0 Å². The molecule has 292 valence electrons. The molecule has 4 nitrogen and oxygen atoms in total. The lowest BCUT2D eigenvalue weighted by molar-refractivity contribution is 0.591. The predicted molar refractivity (Wildman–Crippen MR) is 261 cm³/mol. The zero-order chi connectivity index (χ0) is 41.1. The number of pyridine rings is 1. The maximum absolute atomic E-state index is 5.57. The lowest BCUT2D eigenvalue weighted by atomic mass is 9.84. The molecule has 0 unspecified atom stereocenters. The molecule has 0 aliphatic carbocycles. The number of hydrogen-bond donors (Lipinski definition) is 0. The molecule has 4 heteroatoms. The molecule has 0 saturated heterocycles. The summed E-state index contributed by atoms with van der Waals surface area (Å²) >= 11 is 0. The van der Waals surface area contributed by atoms with E-state index in [1.54, 1.807) is 0 Å². The Morgan fingerprint density at radius 2 is 0.934 bits per heavy atom. The molecular formula is C57H44N4. The number of para-hydroxylation sites is 2. The van der Waals surface area contributed by atoms with Crippen molar-refractivity contribution in [1.29, 1.82) is 0 Å². The first-order valence-corrected chi connectivity index (χ1v) is 21.6. The van der Waals surface area contributed by atoms with Crippen molar-refractivity contribution < 1.29 is 0 Å². The van der Waals surface area contributed by atoms with Crippen LogP contribution in [0.5, 0.6) is 0 Å². The minimum absolute atomic E-state index is 0.0563. The summed E-state index contributed by atoms with van der Waals surface area (Å²) in [5, 5.41) is 15.2. The lowest BCUT2D eigenvalue weighted by Crippen LogP contribution is -2.11. The maximum Gasteiger partial charge on any atom is 0.146 e. The van der Waals surface area contributed by atoms with Gasteiger partial charge in [0.2, 0.25) is 0 Å². The van der Waals surface area contributed by atoms with Gasteiger partial charge in [0, 0.05) is 54.5 Å². The molecule has 0 radical (unpaired) electrons. The molecule has 0 fully saturated rings. The number of benzene rings is 8. The first kappa shape index (κ1) is 34.7. The molecule has 13 aromatic rings. The number of anilines is 3. The minimum Gasteiger partial charge on any atom is -0.308 e. The Bertz CT molecular complexity index is 3890. The average Bonchev–Trinajstić information content (AvgIpc) is 3.99. The van der Waals surface area contributed by atoms with E-state index in [1.807, 2.05) is 0 Å². The van der Waals surface area contributed by atoms with Gasteiger partial charge in [0.1, 0.15) is 5.65 Å². The smallest absolute Gasteiger partial charge is 0.146 e. The molecule has 13 rings (SSSR count). The van der Waals surface area contributed by atoms with Gasteiger partial charge in [-0.15, -0.1) is 0 Å². The van der Waals surface area contributed by atoms with Gasteiger partial charge >= 0.3 is 0 Å². The van der Waals surface area contributed by atoms with Crippen molar-refractivity contribution in [2.45, 2.75) is 52.4 Å². The standard InChI is InChI=1S/C57H44N4/c1-56(2,3)36-28-42-41-25-33-17-13-14-18-34(33)26-46(41)61-52(42)45(31-36)51-50-44-30-37(57(4,5)6)29-43-49-40-24-16-15-19-35(40)27-47(54(49)60(53(43)44)48(50)32-58-55(51)61)59(38-20-9-7-10-21-38)39-22-11-8-12-23-39/h7-32H,1-6H3. The fourth-order valence-corrected chi connectivity index (χ4v) is 10.6. The first-order valence-electron chi connectivity index (χ1n) is 21.6. The molecule has 0 atom stereocenters. The lowest BCUT2D eigenvalue weighted by Gasteiger charge is -2.27. The largest absolute Gasteiger partial charge is 0.308 e. The summed E-state index contributed by atoms with van der Waals surface area (Å²) in [4.78, 5) is 8.02. The van der Waals surface area contributed by atoms with Crippen molar-refractivity contribution in [1.82, 2.24) is 13.8 Å². The van der Waals surface area contributed by atoms with Crippen LogP contribution in [0.15, 0.2) is 158 Å². The van der Waals surface area contributed by atoms with E-state index in [4.69, 9.17) is 4.98 Å². The van der Waals surface area contributed by atoms with Gasteiger partial charge in [0.05, 0.1) is 39.5 Å². The van der Waals surface area contributed by atoms with Crippen LogP contribution < -0.4 is 4.90 Å². The number of nitrogens with zero attached hydrogens (tertiary/aromatic N) is 4. The fraction of sp³-hybridized carbons (Fsp3) is 0.140. The summed E-state index contributed by atoms with van der Waals surface area (Å²) in [5.74, 6) is 0. The Morgan fingerprint density at radius 3 is 1.57 bits per heavy atom. The number of rotatable bonds is 3. The molecule has 8 aromatic carbocycles. The monoisotopic (exact) mass is 784 g/mol. The van der Waals surface area contributed by atoms with Gasteiger partial charge in [0.15, 0.2) is 0 Å². The van der Waals surface area contributed by atoms with E-state index in [2.05, 4.69) is 213 Å². The van der Waals surface area contributed by atoms with Crippen molar-refractivity contribution in [3.8, 4) is 0 Å². The molecule has 5 aromatic heterocycles. The molecule has 0 aliphatic rings. The number of aromatic nitrogens is 3. The Balaban J connectivity index is 1.29. The van der Waals surface area contributed by atoms with Crippen molar-refractivity contribution in [2.24, 2.45) is 0 Å². The third-order valence-corrected chi connectivity index (χ3v) is 13.6. The van der Waals surface area contributed by atoms with Crippen molar-refractivity contribution in [3.63, 3.8) is 0 Å². The molecule has 5 heterocycles. The third kappa shape index (κ3) is 4.62. The summed E-state index contributed by atoms with van der Waals surface area (Å²) in [6.45, 7) is 14.1. The summed E-state index contributed by atoms with van der Waals surface area (Å²) in [6, 6.07) is 56.4. The van der Waals surface area contributed by atoms with E-state index in [0.717, 1.165) is 28.2 Å². The average molecular weight is 785 g/mol. The van der Waals surface area contributed by atoms with Gasteiger partial charge in [0.25, 0.3) is 0 Å². The number of fused-ring (bicyclic) bond motifs is 16. The van der Waals surface area contributed by atoms with E-state index in [9.17, 15) is 0 Å². The van der Waals surface area contributed by atoms with Crippen LogP contribution in [0.1, 0.15) is 52.7 Å². The van der Waals surface area contributed by atoms with Crippen LogP contribution in [0.3, 0.4) is 0 Å². The normalized spacial score (nSPS) is 13.1. The van der Waals surface area contributed by atoms with Gasteiger partial charge in [-0.1, -0.05) is 126 Å². The second kappa shape index (κ2) is 11.8. The fourth-order valence-electron chi connectivity index (χ4n) is 10.6. The molecule has 0 aliphatic heterocycles. The molecule has 61 heavy (non-hydrogen) atoms. The zero-order valence-electron chi connectivity index (χ0n) is 35.3. The first-order chi connectivity index (χ1) is 29.5. The van der Waals surface area contributed by atoms with Crippen molar-refractivity contribution >= 4 is 115 Å². The van der Waals surface area contributed by atoms with Gasteiger partial charge in [-0.05, 0) is 110 Å². The van der Waals surface area contributed by atoms with Gasteiger partial charge < -0.3 is 9.30 Å². The third-order valence-electron chi connectivity index (χ3n) is 13.6. The van der Waals surface area contributed by atoms with Crippen molar-refractivity contribution in [2.75, 3.05) is 4.90 Å². The van der Waals surface area contributed by atoms with E-state index in [0.29, 0.717) is 0 Å². The molecule has 0 spiro atoms. The highest BCUT2D eigenvalue weighted by Gasteiger charge is 2.31. The van der Waals surface area contributed by atoms with E-state index >= 15 is 0 Å². The second-order valence-corrected chi connectivity index (χ2v) is 19.3. The summed E-state index contributed by atoms with van der Waals surface area (Å²) in [7, 11) is 0. The molecular weight excluding hydrogens is 741 g/mol. The van der Waals surface area contributed by atoms with E-state index < -0.39 is 0 Å². The molecule has 0 N–H and O–H groups in total. The predicted octanol–water partition coefficient (Wildman–Crippen LogP) is 15.8. The highest BCUT2D eigenvalue weighted by atomic mass is 15.2. The highest BCUT2D eigenvalue weighted by Crippen LogP contribution is 2.52. The zero-order valence-corrected chi connectivity index (χ0v) is 35.3. The van der Waals surface area contributed by atoms with Crippen LogP contribution in [-0.2, 0) is 10.8 Å². The second-order valence-electron chi connectivity index (χ2n) is 19.3. The Labute approximate surface area is 353 Å². The highest BCUT2D eigenvalue weighted by molar-refractivity contribution is 6.37. The molecule has 0 amide bonds. The summed E-state index contributed by atoms with van der Waals surface area (Å²) in [5.41, 5.74) is 12.9. The van der Waals surface area contributed by atoms with Crippen LogP contribution in [0.25, 0.3) is 97.9 Å². The van der Waals surface area contributed by atoms with Gasteiger partial charge in [-0.25, -0.2) is 4.98 Å². The van der Waals surface area contributed by atoms with Crippen LogP contribution in [0.4, 0.5) is 17.1 Å². The van der Waals surface area contributed by atoms with Gasteiger partial charge in [-0.2, -0.15) is 0 Å². The summed E-state index contributed by atoms with van der Waals surface area (Å²) < 4.78 is 5.04. The van der Waals surface area contributed by atoms with Crippen molar-refractivity contribution in [3.05, 3.63) is 169 Å². The Kier molecular flexibility index (Phi) is 6.69. The SMILES string of the molecule is CC(C)(C)c1cc2c3cc4ccccc4cc3n3c4ncc5c(c6cc(C(C)(C)C)cc7c8c9ccccc9cc(N(c9ccccc9)c9ccccc9)c8n5c67)c4c(c1)c23. The van der Waals surface area contributed by atoms with Crippen LogP contribution in [-0.4, -0.2) is 13.8 Å².